The Morgan fingerprint density at radius 1 is 0.926 bits per heavy atom. The maximum atomic E-state index is 12.3. The molecule has 3 rings (SSSR count). The lowest BCUT2D eigenvalue weighted by Gasteiger charge is -2.34. The molecule has 2 heterocycles. The van der Waals surface area contributed by atoms with Gasteiger partial charge in [0.2, 0.25) is 11.8 Å². The van der Waals surface area contributed by atoms with Crippen LogP contribution in [0.3, 0.4) is 0 Å². The Morgan fingerprint density at radius 2 is 1.63 bits per heavy atom. The van der Waals surface area contributed by atoms with Gasteiger partial charge < -0.3 is 19.5 Å². The van der Waals surface area contributed by atoms with E-state index in [9.17, 15) is 14.4 Å². The van der Waals surface area contributed by atoms with Gasteiger partial charge in [0.15, 0.2) is 5.76 Å². The second kappa shape index (κ2) is 9.27. The number of benzene rings is 1. The normalized spacial score (nSPS) is 14.1. The van der Waals surface area contributed by atoms with E-state index in [2.05, 4.69) is 5.32 Å². The number of nitrogens with zero attached hydrogens (tertiary/aromatic N) is 2. The van der Waals surface area contributed by atoms with E-state index in [-0.39, 0.29) is 29.2 Å². The molecule has 142 valence electrons. The highest BCUT2D eigenvalue weighted by atomic mass is 32.2. The van der Waals surface area contributed by atoms with Crippen LogP contribution >= 0.6 is 11.8 Å². The molecule has 3 amide bonds. The number of hydrogen-bond donors (Lipinski definition) is 1. The first kappa shape index (κ1) is 19.0. The van der Waals surface area contributed by atoms with E-state index in [1.165, 1.54) is 18.0 Å². The molecule has 0 aliphatic carbocycles. The fraction of sp³-hybridized carbons (Fsp3) is 0.316. The lowest BCUT2D eigenvalue weighted by molar-refractivity contribution is -0.129. The minimum atomic E-state index is -0.154. The van der Waals surface area contributed by atoms with E-state index < -0.39 is 0 Å². The number of hydrogen-bond acceptors (Lipinski definition) is 5. The van der Waals surface area contributed by atoms with E-state index in [0.717, 1.165) is 5.69 Å². The Morgan fingerprint density at radius 3 is 2.30 bits per heavy atom. The second-order valence-electron chi connectivity index (χ2n) is 6.06. The van der Waals surface area contributed by atoms with Crippen LogP contribution < -0.4 is 5.32 Å². The van der Waals surface area contributed by atoms with Crippen LogP contribution in [-0.2, 0) is 9.59 Å². The Labute approximate surface area is 161 Å². The number of para-hydroxylation sites is 1. The van der Waals surface area contributed by atoms with Gasteiger partial charge in [0.05, 0.1) is 17.8 Å². The van der Waals surface area contributed by atoms with Gasteiger partial charge in [0.25, 0.3) is 5.91 Å². The summed E-state index contributed by atoms with van der Waals surface area (Å²) in [4.78, 5) is 39.8. The molecule has 2 aromatic rings. The standard InChI is InChI=1S/C19H21N3O4S/c23-17(20-15-5-2-1-3-6-15)13-27-14-18(24)21-8-10-22(11-9-21)19(25)16-7-4-12-26-16/h1-7,12H,8-11,13-14H2,(H,20,23). The van der Waals surface area contributed by atoms with Crippen molar-refractivity contribution in [2.75, 3.05) is 43.0 Å². The molecule has 1 saturated heterocycles. The number of carbonyl (C=O) groups excluding carboxylic acids is 3. The van der Waals surface area contributed by atoms with E-state index in [4.69, 9.17) is 4.42 Å². The largest absolute Gasteiger partial charge is 0.459 e. The van der Waals surface area contributed by atoms with Crippen LogP contribution in [-0.4, -0.2) is 65.2 Å². The summed E-state index contributed by atoms with van der Waals surface area (Å²) in [6.07, 6.45) is 1.47. The second-order valence-corrected chi connectivity index (χ2v) is 7.04. The molecule has 0 bridgehead atoms. The number of amides is 3. The smallest absolute Gasteiger partial charge is 0.289 e. The third-order valence-electron chi connectivity index (χ3n) is 4.17. The predicted molar refractivity (Wildman–Crippen MR) is 104 cm³/mol. The van der Waals surface area contributed by atoms with Gasteiger partial charge in [-0.15, -0.1) is 11.8 Å². The van der Waals surface area contributed by atoms with Crippen molar-refractivity contribution in [3.63, 3.8) is 0 Å². The third-order valence-corrected chi connectivity index (χ3v) is 5.09. The maximum Gasteiger partial charge on any atom is 0.289 e. The SMILES string of the molecule is O=C(CSCC(=O)N1CCN(C(=O)c2ccco2)CC1)Nc1ccccc1. The predicted octanol–water partition coefficient (Wildman–Crippen LogP) is 1.94. The minimum absolute atomic E-state index is 0.0161. The highest BCUT2D eigenvalue weighted by molar-refractivity contribution is 8.00. The Kier molecular flexibility index (Phi) is 6.54. The third kappa shape index (κ3) is 5.37. The first-order chi connectivity index (χ1) is 13.1. The summed E-state index contributed by atoms with van der Waals surface area (Å²) in [5.41, 5.74) is 0.742. The lowest BCUT2D eigenvalue weighted by Crippen LogP contribution is -2.51. The van der Waals surface area contributed by atoms with Crippen molar-refractivity contribution in [3.8, 4) is 0 Å². The Balaban J connectivity index is 1.36. The molecule has 0 saturated carbocycles. The van der Waals surface area contributed by atoms with Crippen molar-refractivity contribution in [3.05, 3.63) is 54.5 Å². The van der Waals surface area contributed by atoms with E-state index in [1.54, 1.807) is 21.9 Å². The van der Waals surface area contributed by atoms with Gasteiger partial charge in [-0.1, -0.05) is 18.2 Å². The lowest BCUT2D eigenvalue weighted by atomic mass is 10.3. The summed E-state index contributed by atoms with van der Waals surface area (Å²) < 4.78 is 5.13. The summed E-state index contributed by atoms with van der Waals surface area (Å²) in [7, 11) is 0. The van der Waals surface area contributed by atoms with Crippen molar-refractivity contribution in [2.45, 2.75) is 0 Å². The molecule has 0 spiro atoms. The van der Waals surface area contributed by atoms with Gasteiger partial charge in [-0.2, -0.15) is 0 Å². The zero-order valence-electron chi connectivity index (χ0n) is 14.8. The molecule has 1 aliphatic rings. The van der Waals surface area contributed by atoms with Crippen LogP contribution in [0.5, 0.6) is 0 Å². The number of furan rings is 1. The fourth-order valence-corrected chi connectivity index (χ4v) is 3.47. The first-order valence-corrected chi connectivity index (χ1v) is 9.82. The molecule has 27 heavy (non-hydrogen) atoms. The molecule has 1 N–H and O–H groups in total. The molecule has 0 atom stereocenters. The quantitative estimate of drug-likeness (QED) is 0.819. The van der Waals surface area contributed by atoms with Gasteiger partial charge in [0, 0.05) is 31.9 Å². The van der Waals surface area contributed by atoms with Crippen LogP contribution in [0.4, 0.5) is 5.69 Å². The molecule has 0 radical (unpaired) electrons. The highest BCUT2D eigenvalue weighted by Gasteiger charge is 2.25. The molecule has 0 unspecified atom stereocenters. The number of rotatable bonds is 6. The van der Waals surface area contributed by atoms with Gasteiger partial charge in [-0.25, -0.2) is 0 Å². The zero-order valence-corrected chi connectivity index (χ0v) is 15.6. The Bertz CT molecular complexity index is 772. The summed E-state index contributed by atoms with van der Waals surface area (Å²) >= 11 is 1.29. The molecule has 1 fully saturated rings. The average Bonchev–Trinajstić information content (AvgIpc) is 3.23. The summed E-state index contributed by atoms with van der Waals surface area (Å²) in [6.45, 7) is 1.93. The van der Waals surface area contributed by atoms with E-state index in [0.29, 0.717) is 31.9 Å². The molecule has 8 heteroatoms. The molecular formula is C19H21N3O4S. The minimum Gasteiger partial charge on any atom is -0.459 e. The summed E-state index contributed by atoms with van der Waals surface area (Å²) in [6, 6.07) is 12.5. The number of anilines is 1. The highest BCUT2D eigenvalue weighted by Crippen LogP contribution is 2.12. The molecule has 1 aromatic heterocycles. The first-order valence-electron chi connectivity index (χ1n) is 8.66. The number of piperazine rings is 1. The van der Waals surface area contributed by atoms with Crippen LogP contribution in [0.25, 0.3) is 0 Å². The maximum absolute atomic E-state index is 12.3. The molecular weight excluding hydrogens is 366 g/mol. The van der Waals surface area contributed by atoms with Crippen molar-refractivity contribution in [1.82, 2.24) is 9.80 Å². The summed E-state index contributed by atoms with van der Waals surface area (Å²) in [5, 5.41) is 2.79. The average molecular weight is 387 g/mol. The molecule has 1 aromatic carbocycles. The number of carbonyl (C=O) groups is 3. The van der Waals surface area contributed by atoms with Crippen LogP contribution in [0, 0.1) is 0 Å². The van der Waals surface area contributed by atoms with Crippen LogP contribution in [0.1, 0.15) is 10.6 Å². The molecule has 7 nitrogen and oxygen atoms in total. The van der Waals surface area contributed by atoms with Crippen molar-refractivity contribution in [1.29, 1.82) is 0 Å². The van der Waals surface area contributed by atoms with Crippen molar-refractivity contribution >= 4 is 35.2 Å². The van der Waals surface area contributed by atoms with Gasteiger partial charge in [0.1, 0.15) is 0 Å². The van der Waals surface area contributed by atoms with Gasteiger partial charge in [-0.05, 0) is 24.3 Å². The van der Waals surface area contributed by atoms with E-state index >= 15 is 0 Å². The molecule has 1 aliphatic heterocycles. The summed E-state index contributed by atoms with van der Waals surface area (Å²) in [5.74, 6) is 0.477. The van der Waals surface area contributed by atoms with Gasteiger partial charge >= 0.3 is 0 Å². The topological polar surface area (TPSA) is 82.9 Å². The zero-order chi connectivity index (χ0) is 19.1. The monoisotopic (exact) mass is 387 g/mol. The van der Waals surface area contributed by atoms with Crippen molar-refractivity contribution in [2.24, 2.45) is 0 Å². The number of thioether (sulfide) groups is 1. The van der Waals surface area contributed by atoms with Crippen LogP contribution in [0.15, 0.2) is 53.1 Å². The number of nitrogens with one attached hydrogen (secondary N) is 1. The van der Waals surface area contributed by atoms with Crippen LogP contribution in [0.2, 0.25) is 0 Å². The fourth-order valence-electron chi connectivity index (χ4n) is 2.76. The Hall–Kier alpha value is -2.74. The van der Waals surface area contributed by atoms with Gasteiger partial charge in [-0.3, -0.25) is 14.4 Å². The van der Waals surface area contributed by atoms with Crippen molar-refractivity contribution < 1.29 is 18.8 Å². The van der Waals surface area contributed by atoms with E-state index in [1.807, 2.05) is 30.3 Å².